The van der Waals surface area contributed by atoms with Crippen LogP contribution in [0.1, 0.15) is 38.3 Å². The number of carbonyl (C=O) groups is 1. The van der Waals surface area contributed by atoms with Crippen molar-refractivity contribution >= 4 is 40.8 Å². The zero-order chi connectivity index (χ0) is 28.4. The number of rotatable bonds is 8. The van der Waals surface area contributed by atoms with Crippen molar-refractivity contribution in [2.75, 3.05) is 19.7 Å². The maximum Gasteiger partial charge on any atom is 0.329 e. The van der Waals surface area contributed by atoms with Crippen LogP contribution in [0.25, 0.3) is 0 Å². The maximum absolute atomic E-state index is 12.3. The number of hydrogen-bond acceptors (Lipinski definition) is 4. The third-order valence-corrected chi connectivity index (χ3v) is 6.92. The van der Waals surface area contributed by atoms with Gasteiger partial charge in [0.15, 0.2) is 5.75 Å². The molecule has 1 amide bonds. The lowest BCUT2D eigenvalue weighted by atomic mass is 9.78. The molecule has 6 nitrogen and oxygen atoms in total. The molecule has 0 atom stereocenters. The number of carbonyl (C=O) groups excluding carboxylic acids is 1. The molecule has 39 heavy (non-hydrogen) atoms. The third kappa shape index (κ3) is 8.40. The second-order valence-corrected chi connectivity index (χ2v) is 10.6. The summed E-state index contributed by atoms with van der Waals surface area (Å²) < 4.78 is 7.05. The summed E-state index contributed by atoms with van der Waals surface area (Å²) in [5.74, 6) is 0.678. The SMILES string of the molecule is CC(C)(c1ccccc1)c1ccc(O)cc1.CCCN(CCOc1c(Cl)cc(Cl)cc1Cl)C(=O)n1ccnc1. The summed E-state index contributed by atoms with van der Waals surface area (Å²) in [5.41, 5.74) is 2.45. The average molecular weight is 589 g/mol. The molecule has 9 heteroatoms. The molecule has 0 saturated carbocycles. The second kappa shape index (κ2) is 14.3. The molecule has 0 aliphatic carbocycles. The van der Waals surface area contributed by atoms with Gasteiger partial charge >= 0.3 is 6.03 Å². The van der Waals surface area contributed by atoms with E-state index in [1.165, 1.54) is 22.0 Å². The lowest BCUT2D eigenvalue weighted by molar-refractivity contribution is 0.184. The fourth-order valence-corrected chi connectivity index (χ4v) is 4.86. The van der Waals surface area contributed by atoms with E-state index in [0.29, 0.717) is 39.7 Å². The van der Waals surface area contributed by atoms with Gasteiger partial charge in [0.05, 0.1) is 16.6 Å². The van der Waals surface area contributed by atoms with Gasteiger partial charge in [-0.1, -0.05) is 98.0 Å². The molecule has 0 radical (unpaired) electrons. The predicted octanol–water partition coefficient (Wildman–Crippen LogP) is 8.32. The molecule has 4 rings (SSSR count). The largest absolute Gasteiger partial charge is 0.508 e. The molecule has 1 aromatic heterocycles. The molecular weight excluding hydrogens is 557 g/mol. The van der Waals surface area contributed by atoms with Crippen LogP contribution >= 0.6 is 34.8 Å². The first kappa shape index (κ1) is 30.4. The normalized spacial score (nSPS) is 10.9. The van der Waals surface area contributed by atoms with E-state index in [9.17, 15) is 9.90 Å². The van der Waals surface area contributed by atoms with Crippen LogP contribution < -0.4 is 4.74 Å². The highest BCUT2D eigenvalue weighted by Gasteiger charge is 2.22. The summed E-state index contributed by atoms with van der Waals surface area (Å²) in [4.78, 5) is 17.9. The Morgan fingerprint density at radius 2 is 1.59 bits per heavy atom. The zero-order valence-corrected chi connectivity index (χ0v) is 24.4. The Labute approximate surface area is 244 Å². The van der Waals surface area contributed by atoms with Crippen LogP contribution in [0.2, 0.25) is 15.1 Å². The third-order valence-electron chi connectivity index (χ3n) is 6.14. The number of aromatic nitrogens is 2. The molecule has 1 heterocycles. The van der Waals surface area contributed by atoms with Crippen molar-refractivity contribution in [2.45, 2.75) is 32.6 Å². The van der Waals surface area contributed by atoms with Crippen molar-refractivity contribution in [3.63, 3.8) is 0 Å². The quantitative estimate of drug-likeness (QED) is 0.225. The summed E-state index contributed by atoms with van der Waals surface area (Å²) >= 11 is 18.0. The van der Waals surface area contributed by atoms with E-state index in [4.69, 9.17) is 39.5 Å². The van der Waals surface area contributed by atoms with Crippen molar-refractivity contribution in [3.8, 4) is 11.5 Å². The molecule has 0 fully saturated rings. The van der Waals surface area contributed by atoms with Crippen molar-refractivity contribution in [1.29, 1.82) is 0 Å². The first-order valence-corrected chi connectivity index (χ1v) is 13.7. The van der Waals surface area contributed by atoms with E-state index in [1.54, 1.807) is 41.6 Å². The molecule has 0 saturated heterocycles. The van der Waals surface area contributed by atoms with Crippen molar-refractivity contribution in [3.05, 3.63) is 112 Å². The molecule has 0 bridgehead atoms. The number of nitrogens with zero attached hydrogens (tertiary/aromatic N) is 3. The number of amides is 1. The monoisotopic (exact) mass is 587 g/mol. The topological polar surface area (TPSA) is 67.6 Å². The Morgan fingerprint density at radius 3 is 2.15 bits per heavy atom. The van der Waals surface area contributed by atoms with Gasteiger partial charge < -0.3 is 14.7 Å². The minimum atomic E-state index is -0.152. The highest BCUT2D eigenvalue weighted by molar-refractivity contribution is 6.40. The predicted molar refractivity (Wildman–Crippen MR) is 159 cm³/mol. The number of imidazole rings is 1. The number of hydrogen-bond donors (Lipinski definition) is 1. The Morgan fingerprint density at radius 1 is 0.974 bits per heavy atom. The van der Waals surface area contributed by atoms with Gasteiger partial charge in [-0.2, -0.15) is 0 Å². The van der Waals surface area contributed by atoms with Gasteiger partial charge in [-0.25, -0.2) is 9.78 Å². The smallest absolute Gasteiger partial charge is 0.329 e. The number of halogens is 3. The van der Waals surface area contributed by atoms with Gasteiger partial charge in [0.2, 0.25) is 0 Å². The van der Waals surface area contributed by atoms with E-state index in [2.05, 4.69) is 43.1 Å². The fourth-order valence-electron chi connectivity index (χ4n) is 3.93. The molecule has 0 spiro atoms. The van der Waals surface area contributed by atoms with E-state index >= 15 is 0 Å². The van der Waals surface area contributed by atoms with E-state index in [-0.39, 0.29) is 18.1 Å². The van der Waals surface area contributed by atoms with Crippen LogP contribution in [0.5, 0.6) is 11.5 Å². The number of phenolic OH excluding ortho intramolecular Hbond substituents is 1. The second-order valence-electron chi connectivity index (χ2n) is 9.32. The number of aromatic hydroxyl groups is 1. The molecular formula is C30H32Cl3N3O3. The van der Waals surface area contributed by atoms with Crippen LogP contribution in [-0.4, -0.2) is 45.3 Å². The molecule has 1 N–H and O–H groups in total. The average Bonchev–Trinajstić information content (AvgIpc) is 3.45. The van der Waals surface area contributed by atoms with Crippen LogP contribution in [0, 0.1) is 0 Å². The standard InChI is InChI=1S/C15H16Cl3N3O2.C15H16O/c1-2-4-20(15(22)21-5-3-19-10-21)6-7-23-14-12(17)8-11(16)9-13(14)18;1-15(2,12-6-4-3-5-7-12)13-8-10-14(16)11-9-13/h3,5,8-10H,2,4,6-7H2,1H3;3-11,16H,1-2H3. The van der Waals surface area contributed by atoms with Crippen LogP contribution in [0.3, 0.4) is 0 Å². The summed E-state index contributed by atoms with van der Waals surface area (Å²) in [6.45, 7) is 7.66. The number of phenols is 1. The van der Waals surface area contributed by atoms with Gasteiger partial charge in [-0.15, -0.1) is 0 Å². The van der Waals surface area contributed by atoms with Crippen LogP contribution in [0.15, 0.2) is 85.5 Å². The molecule has 0 aliphatic heterocycles. The molecule has 0 aliphatic rings. The summed E-state index contributed by atoms with van der Waals surface area (Å²) in [6.07, 6.45) is 5.48. The fraction of sp³-hybridized carbons (Fsp3) is 0.267. The lowest BCUT2D eigenvalue weighted by Crippen LogP contribution is -2.37. The maximum atomic E-state index is 12.3. The highest BCUT2D eigenvalue weighted by Crippen LogP contribution is 2.36. The summed E-state index contributed by atoms with van der Waals surface area (Å²) in [7, 11) is 0. The number of benzene rings is 3. The van der Waals surface area contributed by atoms with E-state index in [0.717, 1.165) is 6.42 Å². The van der Waals surface area contributed by atoms with Gasteiger partial charge in [0.25, 0.3) is 0 Å². The van der Waals surface area contributed by atoms with Gasteiger partial charge in [-0.05, 0) is 41.8 Å². The first-order valence-electron chi connectivity index (χ1n) is 12.5. The Balaban J connectivity index is 0.000000230. The summed E-state index contributed by atoms with van der Waals surface area (Å²) in [5, 5.41) is 10.4. The van der Waals surface area contributed by atoms with E-state index < -0.39 is 0 Å². The van der Waals surface area contributed by atoms with Gasteiger partial charge in [0, 0.05) is 29.4 Å². The van der Waals surface area contributed by atoms with Crippen LogP contribution in [-0.2, 0) is 5.41 Å². The van der Waals surface area contributed by atoms with Crippen LogP contribution in [0.4, 0.5) is 4.79 Å². The summed E-state index contributed by atoms with van der Waals surface area (Å²) in [6, 6.07) is 20.8. The van der Waals surface area contributed by atoms with Crippen molar-refractivity contribution in [2.24, 2.45) is 0 Å². The lowest BCUT2D eigenvalue weighted by Gasteiger charge is -2.26. The molecule has 0 unspecified atom stereocenters. The van der Waals surface area contributed by atoms with Crippen molar-refractivity contribution in [1.82, 2.24) is 14.5 Å². The molecule has 206 valence electrons. The first-order chi connectivity index (χ1) is 18.6. The minimum absolute atomic E-state index is 0.0328. The Hall–Kier alpha value is -3.19. The molecule has 3 aromatic carbocycles. The molecule has 4 aromatic rings. The highest BCUT2D eigenvalue weighted by atomic mass is 35.5. The van der Waals surface area contributed by atoms with Crippen molar-refractivity contribution < 1.29 is 14.6 Å². The van der Waals surface area contributed by atoms with E-state index in [1.807, 2.05) is 25.1 Å². The zero-order valence-electron chi connectivity index (χ0n) is 22.2. The van der Waals surface area contributed by atoms with Gasteiger partial charge in [0.1, 0.15) is 18.7 Å². The Bertz CT molecular complexity index is 1310. The number of ether oxygens (including phenoxy) is 1. The minimum Gasteiger partial charge on any atom is -0.508 e. The van der Waals surface area contributed by atoms with Gasteiger partial charge in [-0.3, -0.25) is 4.57 Å². The Kier molecular flexibility index (Phi) is 11.1.